The number of fused-ring (bicyclic) bond motifs is 1. The minimum Gasteiger partial charge on any atom is -0.489 e. The Morgan fingerprint density at radius 3 is 2.47 bits per heavy atom. The van der Waals surface area contributed by atoms with Crippen molar-refractivity contribution >= 4 is 16.7 Å². The van der Waals surface area contributed by atoms with E-state index in [1.807, 2.05) is 62.4 Å². The van der Waals surface area contributed by atoms with Gasteiger partial charge in [0.25, 0.3) is 0 Å². The average molecular weight is 436 g/mol. The number of benzene rings is 3. The van der Waals surface area contributed by atoms with E-state index >= 15 is 0 Å². The summed E-state index contributed by atoms with van der Waals surface area (Å²) < 4.78 is 46.6. The first-order valence-corrected chi connectivity index (χ1v) is 9.76. The lowest BCUT2D eigenvalue weighted by atomic mass is 9.91. The summed E-state index contributed by atoms with van der Waals surface area (Å²) in [5.41, 5.74) is 9.50. The summed E-state index contributed by atoms with van der Waals surface area (Å²) in [5.74, 6) is 0.569. The monoisotopic (exact) mass is 436 g/mol. The van der Waals surface area contributed by atoms with Gasteiger partial charge in [0.15, 0.2) is 0 Å². The van der Waals surface area contributed by atoms with Crippen LogP contribution in [0.15, 0.2) is 54.9 Å². The number of imidazole rings is 1. The van der Waals surface area contributed by atoms with Crippen LogP contribution < -0.4 is 10.5 Å². The van der Waals surface area contributed by atoms with Crippen molar-refractivity contribution < 1.29 is 17.9 Å². The fourth-order valence-electron chi connectivity index (χ4n) is 3.82. The third-order valence-corrected chi connectivity index (χ3v) is 5.39. The van der Waals surface area contributed by atoms with Crippen LogP contribution in [0.2, 0.25) is 0 Å². The summed E-state index contributed by atoms with van der Waals surface area (Å²) in [6.07, 6.45) is -3.98. The molecule has 0 amide bonds. The standard InChI is InChI=1S/C24H19F3N4O/c1-14-8-9-19(32-12-16-6-4-3-5-7-16)15(2)20(14)21-22(29)17(11-28)10-18-23(21)30-13-31(18)24(25,26)27/h3-10,13H,12,29H2,1-2H3. The number of nitrogen functional groups attached to an aromatic ring is 1. The van der Waals surface area contributed by atoms with Gasteiger partial charge in [0.1, 0.15) is 24.8 Å². The maximum absolute atomic E-state index is 13.5. The topological polar surface area (TPSA) is 76.9 Å². The Kier molecular flexibility index (Phi) is 5.26. The van der Waals surface area contributed by atoms with E-state index in [0.717, 1.165) is 17.2 Å². The van der Waals surface area contributed by atoms with Gasteiger partial charge in [0, 0.05) is 5.56 Å². The largest absolute Gasteiger partial charge is 0.490 e. The average Bonchev–Trinajstić information content (AvgIpc) is 3.19. The summed E-state index contributed by atoms with van der Waals surface area (Å²) in [7, 11) is 0. The lowest BCUT2D eigenvalue weighted by Crippen LogP contribution is -2.15. The predicted octanol–water partition coefficient (Wildman–Crippen LogP) is 5.83. The van der Waals surface area contributed by atoms with E-state index in [1.54, 1.807) is 0 Å². The highest BCUT2D eigenvalue weighted by atomic mass is 19.4. The van der Waals surface area contributed by atoms with E-state index in [4.69, 9.17) is 10.5 Å². The maximum atomic E-state index is 13.5. The van der Waals surface area contributed by atoms with Crippen LogP contribution in [0.25, 0.3) is 22.2 Å². The Morgan fingerprint density at radius 1 is 1.09 bits per heavy atom. The second kappa shape index (κ2) is 7.93. The van der Waals surface area contributed by atoms with Crippen LogP contribution in [-0.2, 0) is 12.9 Å². The third-order valence-electron chi connectivity index (χ3n) is 5.39. The van der Waals surface area contributed by atoms with Crippen molar-refractivity contribution in [3.8, 4) is 22.9 Å². The zero-order valence-corrected chi connectivity index (χ0v) is 17.4. The van der Waals surface area contributed by atoms with E-state index in [0.29, 0.717) is 35.4 Å². The highest BCUT2D eigenvalue weighted by molar-refractivity contribution is 6.02. The second-order valence-corrected chi connectivity index (χ2v) is 7.43. The number of nitrogens with zero attached hydrogens (tertiary/aromatic N) is 3. The fourth-order valence-corrected chi connectivity index (χ4v) is 3.82. The normalized spacial score (nSPS) is 11.5. The van der Waals surface area contributed by atoms with Crippen molar-refractivity contribution in [2.45, 2.75) is 26.8 Å². The molecular weight excluding hydrogens is 417 g/mol. The number of nitrogens with two attached hydrogens (primary N) is 1. The van der Waals surface area contributed by atoms with Gasteiger partial charge in [0.05, 0.1) is 22.3 Å². The number of aryl methyl sites for hydroxylation is 1. The van der Waals surface area contributed by atoms with Gasteiger partial charge in [-0.25, -0.2) is 9.55 Å². The van der Waals surface area contributed by atoms with Crippen molar-refractivity contribution in [3.63, 3.8) is 0 Å². The lowest BCUT2D eigenvalue weighted by Gasteiger charge is -2.18. The van der Waals surface area contributed by atoms with Crippen molar-refractivity contribution in [1.29, 1.82) is 5.26 Å². The predicted molar refractivity (Wildman–Crippen MR) is 116 cm³/mol. The summed E-state index contributed by atoms with van der Waals surface area (Å²) in [4.78, 5) is 4.02. The minimum atomic E-state index is -4.68. The van der Waals surface area contributed by atoms with Gasteiger partial charge in [-0.2, -0.15) is 5.26 Å². The molecule has 162 valence electrons. The molecule has 8 heteroatoms. The van der Waals surface area contributed by atoms with Gasteiger partial charge in [-0.05, 0) is 48.2 Å². The molecule has 0 radical (unpaired) electrons. The van der Waals surface area contributed by atoms with E-state index in [1.165, 1.54) is 0 Å². The highest BCUT2D eigenvalue weighted by Gasteiger charge is 2.33. The number of rotatable bonds is 4. The van der Waals surface area contributed by atoms with Crippen LogP contribution in [0.5, 0.6) is 5.75 Å². The summed E-state index contributed by atoms with van der Waals surface area (Å²) in [6, 6.07) is 16.3. The van der Waals surface area contributed by atoms with Crippen molar-refractivity contribution in [2.75, 3.05) is 5.73 Å². The zero-order chi connectivity index (χ0) is 23.0. The molecular formula is C24H19F3N4O. The molecule has 0 aliphatic carbocycles. The second-order valence-electron chi connectivity index (χ2n) is 7.43. The SMILES string of the molecule is Cc1ccc(OCc2ccccc2)c(C)c1-c1c(N)c(C#N)cc2c1ncn2C(F)(F)F. The number of hydrogen-bond acceptors (Lipinski definition) is 4. The van der Waals surface area contributed by atoms with Gasteiger partial charge in [-0.3, -0.25) is 0 Å². The van der Waals surface area contributed by atoms with Gasteiger partial charge in [-0.1, -0.05) is 36.4 Å². The summed E-state index contributed by atoms with van der Waals surface area (Å²) in [6.45, 7) is 3.97. The van der Waals surface area contributed by atoms with Crippen LogP contribution in [-0.4, -0.2) is 9.55 Å². The van der Waals surface area contributed by atoms with Gasteiger partial charge < -0.3 is 10.5 Å². The molecule has 1 heterocycles. The molecule has 5 nitrogen and oxygen atoms in total. The van der Waals surface area contributed by atoms with Crippen molar-refractivity contribution in [3.05, 3.63) is 77.1 Å². The quantitative estimate of drug-likeness (QED) is 0.409. The van der Waals surface area contributed by atoms with Crippen molar-refractivity contribution in [2.24, 2.45) is 0 Å². The molecule has 0 atom stereocenters. The lowest BCUT2D eigenvalue weighted by molar-refractivity contribution is -0.201. The van der Waals surface area contributed by atoms with E-state index < -0.39 is 6.30 Å². The first-order valence-electron chi connectivity index (χ1n) is 9.76. The molecule has 0 aliphatic rings. The number of hydrogen-bond donors (Lipinski definition) is 1. The Morgan fingerprint density at radius 2 is 1.81 bits per heavy atom. The molecule has 0 unspecified atom stereocenters. The zero-order valence-electron chi connectivity index (χ0n) is 17.4. The molecule has 0 fully saturated rings. The smallest absolute Gasteiger partial charge is 0.489 e. The highest BCUT2D eigenvalue weighted by Crippen LogP contribution is 2.42. The molecule has 32 heavy (non-hydrogen) atoms. The van der Waals surface area contributed by atoms with Gasteiger partial charge >= 0.3 is 6.30 Å². The molecule has 0 saturated heterocycles. The molecule has 1 aromatic heterocycles. The van der Waals surface area contributed by atoms with E-state index in [9.17, 15) is 18.4 Å². The molecule has 0 saturated carbocycles. The van der Waals surface area contributed by atoms with Gasteiger partial charge in [-0.15, -0.1) is 13.2 Å². The van der Waals surface area contributed by atoms with Crippen LogP contribution in [0.4, 0.5) is 18.9 Å². The fraction of sp³-hybridized carbons (Fsp3) is 0.167. The summed E-state index contributed by atoms with van der Waals surface area (Å²) >= 11 is 0. The van der Waals surface area contributed by atoms with Crippen LogP contribution in [0, 0.1) is 25.2 Å². The Bertz CT molecular complexity index is 1350. The number of ether oxygens (including phenoxy) is 1. The minimum absolute atomic E-state index is 0.0482. The number of aromatic nitrogens is 2. The van der Waals surface area contributed by atoms with Crippen LogP contribution in [0.1, 0.15) is 22.3 Å². The number of halogens is 3. The van der Waals surface area contributed by atoms with Crippen molar-refractivity contribution in [1.82, 2.24) is 9.55 Å². The molecule has 4 rings (SSSR count). The first kappa shape index (κ1) is 21.2. The van der Waals surface area contributed by atoms with Crippen LogP contribution in [0.3, 0.4) is 0 Å². The maximum Gasteiger partial charge on any atom is 0.490 e. The number of nitriles is 1. The van der Waals surface area contributed by atoms with E-state index in [2.05, 4.69) is 4.98 Å². The number of anilines is 1. The Labute approximate surface area is 182 Å². The van der Waals surface area contributed by atoms with E-state index in [-0.39, 0.29) is 26.9 Å². The molecule has 3 aromatic carbocycles. The third kappa shape index (κ3) is 3.62. The molecule has 0 aliphatic heterocycles. The number of alkyl halides is 3. The first-order chi connectivity index (χ1) is 15.2. The Hall–Kier alpha value is -3.99. The Balaban J connectivity index is 1.91. The molecule has 4 aromatic rings. The molecule has 2 N–H and O–H groups in total. The molecule has 0 spiro atoms. The molecule has 0 bridgehead atoms. The van der Waals surface area contributed by atoms with Gasteiger partial charge in [0.2, 0.25) is 0 Å². The van der Waals surface area contributed by atoms with Crippen LogP contribution >= 0.6 is 0 Å². The summed E-state index contributed by atoms with van der Waals surface area (Å²) in [5, 5.41) is 9.52.